The van der Waals surface area contributed by atoms with Gasteiger partial charge >= 0.3 is 0 Å². The molecule has 0 bridgehead atoms. The van der Waals surface area contributed by atoms with E-state index < -0.39 is 0 Å². The van der Waals surface area contributed by atoms with Crippen LogP contribution in [0, 0.1) is 10.1 Å². The fourth-order valence-corrected chi connectivity index (χ4v) is 3.11. The van der Waals surface area contributed by atoms with Crippen molar-refractivity contribution in [2.75, 3.05) is 7.11 Å². The maximum Gasteiger partial charge on any atom is 0.278 e. The smallest absolute Gasteiger partial charge is 0.278 e. The lowest BCUT2D eigenvalue weighted by Crippen LogP contribution is -1.95. The predicted molar refractivity (Wildman–Crippen MR) is 88.4 cm³/mol. The van der Waals surface area contributed by atoms with Crippen LogP contribution in [0.1, 0.15) is 0 Å². The molecule has 0 aliphatic rings. The highest BCUT2D eigenvalue weighted by atomic mass is 32.1. The molecule has 0 saturated carbocycles. The average molecular weight is 311 g/mol. The summed E-state index contributed by atoms with van der Waals surface area (Å²) in [4.78, 5) is 12.1. The Bertz CT molecular complexity index is 798. The zero-order valence-corrected chi connectivity index (χ0v) is 12.7. The highest BCUT2D eigenvalue weighted by molar-refractivity contribution is 7.13. The summed E-state index contributed by atoms with van der Waals surface area (Å²) in [6.45, 7) is 0. The third-order valence-corrected chi connectivity index (χ3v) is 4.29. The first-order valence-corrected chi connectivity index (χ1v) is 7.54. The number of nitrogens with zero attached hydrogens (tertiary/aromatic N) is 1. The van der Waals surface area contributed by atoms with Gasteiger partial charge in [-0.3, -0.25) is 10.1 Å². The summed E-state index contributed by atoms with van der Waals surface area (Å²) in [5.74, 6) is 0.631. The van der Waals surface area contributed by atoms with Crippen molar-refractivity contribution in [3.05, 3.63) is 70.1 Å². The van der Waals surface area contributed by atoms with Crippen LogP contribution >= 0.6 is 11.3 Å². The molecule has 0 N–H and O–H groups in total. The van der Waals surface area contributed by atoms with Gasteiger partial charge in [-0.05, 0) is 23.1 Å². The van der Waals surface area contributed by atoms with E-state index in [0.717, 1.165) is 16.0 Å². The Hall–Kier alpha value is -2.66. The van der Waals surface area contributed by atoms with Gasteiger partial charge in [-0.15, -0.1) is 11.3 Å². The summed E-state index contributed by atoms with van der Waals surface area (Å²) in [5.41, 5.74) is 2.17. The monoisotopic (exact) mass is 311 g/mol. The van der Waals surface area contributed by atoms with Crippen molar-refractivity contribution >= 4 is 17.0 Å². The second-order valence-electron chi connectivity index (χ2n) is 4.67. The van der Waals surface area contributed by atoms with E-state index in [4.69, 9.17) is 4.74 Å². The zero-order chi connectivity index (χ0) is 15.5. The van der Waals surface area contributed by atoms with Crippen LogP contribution < -0.4 is 4.74 Å². The highest BCUT2D eigenvalue weighted by Gasteiger charge is 2.21. The Kier molecular flexibility index (Phi) is 3.89. The van der Waals surface area contributed by atoms with Crippen molar-refractivity contribution in [3.8, 4) is 27.3 Å². The molecule has 3 aromatic rings. The lowest BCUT2D eigenvalue weighted by Gasteiger charge is -2.11. The van der Waals surface area contributed by atoms with Crippen LogP contribution in [-0.4, -0.2) is 12.0 Å². The van der Waals surface area contributed by atoms with E-state index in [1.807, 2.05) is 47.8 Å². The fraction of sp³-hybridized carbons (Fsp3) is 0.0588. The number of benzene rings is 2. The number of nitro benzene ring substituents is 1. The molecule has 0 saturated heterocycles. The molecule has 1 aromatic heterocycles. The van der Waals surface area contributed by atoms with Crippen LogP contribution in [0.4, 0.5) is 5.69 Å². The molecule has 22 heavy (non-hydrogen) atoms. The van der Waals surface area contributed by atoms with Crippen molar-refractivity contribution in [1.29, 1.82) is 0 Å². The third-order valence-electron chi connectivity index (χ3n) is 3.39. The van der Waals surface area contributed by atoms with Gasteiger partial charge in [-0.25, -0.2) is 0 Å². The van der Waals surface area contributed by atoms with Crippen LogP contribution in [0.25, 0.3) is 21.6 Å². The molecule has 3 rings (SSSR count). The van der Waals surface area contributed by atoms with Gasteiger partial charge in [0.25, 0.3) is 5.69 Å². The van der Waals surface area contributed by atoms with E-state index in [1.165, 1.54) is 11.3 Å². The van der Waals surface area contributed by atoms with E-state index in [0.29, 0.717) is 11.3 Å². The molecule has 0 aliphatic carbocycles. The van der Waals surface area contributed by atoms with Gasteiger partial charge in [-0.2, -0.15) is 0 Å². The van der Waals surface area contributed by atoms with E-state index >= 15 is 0 Å². The van der Waals surface area contributed by atoms with Crippen molar-refractivity contribution < 1.29 is 9.66 Å². The first-order chi connectivity index (χ1) is 10.7. The molecule has 110 valence electrons. The van der Waals surface area contributed by atoms with Gasteiger partial charge in [0, 0.05) is 16.5 Å². The van der Waals surface area contributed by atoms with Crippen molar-refractivity contribution in [1.82, 2.24) is 0 Å². The molecular weight excluding hydrogens is 298 g/mol. The number of hydrogen-bond acceptors (Lipinski definition) is 4. The molecule has 2 aromatic carbocycles. The third kappa shape index (κ3) is 2.58. The summed E-state index contributed by atoms with van der Waals surface area (Å²) in [5, 5.41) is 13.4. The summed E-state index contributed by atoms with van der Waals surface area (Å²) >= 11 is 1.53. The molecule has 1 heterocycles. The van der Waals surface area contributed by atoms with E-state index in [9.17, 15) is 10.1 Å². The van der Waals surface area contributed by atoms with Gasteiger partial charge in [-0.1, -0.05) is 36.4 Å². The van der Waals surface area contributed by atoms with Crippen molar-refractivity contribution in [2.45, 2.75) is 0 Å². The van der Waals surface area contributed by atoms with Crippen LogP contribution in [0.5, 0.6) is 5.75 Å². The topological polar surface area (TPSA) is 52.4 Å². The van der Waals surface area contributed by atoms with Gasteiger partial charge in [0.1, 0.15) is 5.75 Å². The quantitative estimate of drug-likeness (QED) is 0.503. The summed E-state index contributed by atoms with van der Waals surface area (Å²) in [6, 6.07) is 16.5. The maximum absolute atomic E-state index is 11.5. The molecule has 0 amide bonds. The van der Waals surface area contributed by atoms with Crippen LogP contribution in [-0.2, 0) is 0 Å². The first kappa shape index (κ1) is 14.3. The Balaban J connectivity index is 2.25. The molecular formula is C17H13NO3S. The van der Waals surface area contributed by atoms with Gasteiger partial charge < -0.3 is 4.74 Å². The van der Waals surface area contributed by atoms with Gasteiger partial charge in [0.2, 0.25) is 0 Å². The Labute approximate surface area is 131 Å². The first-order valence-electron chi connectivity index (χ1n) is 6.66. The average Bonchev–Trinajstić information content (AvgIpc) is 3.08. The number of rotatable bonds is 4. The highest BCUT2D eigenvalue weighted by Crippen LogP contribution is 2.41. The summed E-state index contributed by atoms with van der Waals surface area (Å²) < 4.78 is 5.45. The Morgan fingerprint density at radius 1 is 1.05 bits per heavy atom. The van der Waals surface area contributed by atoms with Crippen molar-refractivity contribution in [3.63, 3.8) is 0 Å². The summed E-state index contributed by atoms with van der Waals surface area (Å²) in [6.07, 6.45) is 0. The SMILES string of the molecule is COc1cc(-c2ccccc2)c([N+](=O)[O-])cc1-c1cccs1. The lowest BCUT2D eigenvalue weighted by molar-refractivity contribution is -0.384. The van der Waals surface area contributed by atoms with Crippen LogP contribution in [0.2, 0.25) is 0 Å². The largest absolute Gasteiger partial charge is 0.496 e. The van der Waals surface area contributed by atoms with E-state index in [-0.39, 0.29) is 10.6 Å². The van der Waals surface area contributed by atoms with Gasteiger partial charge in [0.05, 0.1) is 17.6 Å². The minimum absolute atomic E-state index is 0.0791. The van der Waals surface area contributed by atoms with Gasteiger partial charge in [0.15, 0.2) is 0 Å². The number of thiophene rings is 1. The molecule has 4 nitrogen and oxygen atoms in total. The molecule has 5 heteroatoms. The Morgan fingerprint density at radius 3 is 2.41 bits per heavy atom. The van der Waals surface area contributed by atoms with Crippen LogP contribution in [0.15, 0.2) is 60.0 Å². The Morgan fingerprint density at radius 2 is 1.82 bits per heavy atom. The fourth-order valence-electron chi connectivity index (χ4n) is 2.36. The molecule has 0 unspecified atom stereocenters. The zero-order valence-electron chi connectivity index (χ0n) is 11.9. The second kappa shape index (κ2) is 5.99. The minimum atomic E-state index is -0.348. The molecule has 0 aliphatic heterocycles. The number of ether oxygens (including phenoxy) is 1. The second-order valence-corrected chi connectivity index (χ2v) is 5.62. The van der Waals surface area contributed by atoms with Crippen molar-refractivity contribution in [2.24, 2.45) is 0 Å². The van der Waals surface area contributed by atoms with Crippen LogP contribution in [0.3, 0.4) is 0 Å². The minimum Gasteiger partial charge on any atom is -0.496 e. The maximum atomic E-state index is 11.5. The lowest BCUT2D eigenvalue weighted by atomic mass is 10.00. The predicted octanol–water partition coefficient (Wildman–Crippen LogP) is 5.00. The molecule has 0 spiro atoms. The summed E-state index contributed by atoms with van der Waals surface area (Å²) in [7, 11) is 1.58. The standard InChI is InChI=1S/C17H13NO3S/c1-21-16-11-13(12-6-3-2-4-7-12)15(18(19)20)10-14(16)17-8-5-9-22-17/h2-11H,1H3. The molecule has 0 fully saturated rings. The number of hydrogen-bond donors (Lipinski definition) is 0. The number of methoxy groups -OCH3 is 1. The normalized spacial score (nSPS) is 10.4. The van der Waals surface area contributed by atoms with E-state index in [1.54, 1.807) is 19.2 Å². The molecule has 0 atom stereocenters. The molecule has 0 radical (unpaired) electrons. The number of nitro groups is 1. The van der Waals surface area contributed by atoms with E-state index in [2.05, 4.69) is 0 Å².